The summed E-state index contributed by atoms with van der Waals surface area (Å²) >= 11 is 0. The van der Waals surface area contributed by atoms with E-state index in [1.165, 1.54) is 10.9 Å². The molecule has 2 atom stereocenters. The van der Waals surface area contributed by atoms with Crippen molar-refractivity contribution in [3.8, 4) is 0 Å². The largest absolute Gasteiger partial charge is 0.394 e. The average molecular weight is 366 g/mol. The maximum Gasteiger partial charge on any atom is 0.394 e. The van der Waals surface area contributed by atoms with Gasteiger partial charge in [0.2, 0.25) is 0 Å². The molecule has 3 heterocycles. The van der Waals surface area contributed by atoms with E-state index in [1.807, 2.05) is 6.07 Å². The molecule has 0 radical (unpaired) electrons. The van der Waals surface area contributed by atoms with Crippen molar-refractivity contribution in [2.45, 2.75) is 32.7 Å². The number of aromatic amines is 1. The molecule has 2 aliphatic rings. The molecule has 1 saturated heterocycles. The van der Waals surface area contributed by atoms with Crippen LogP contribution >= 0.6 is 0 Å². The third-order valence-electron chi connectivity index (χ3n) is 5.15. The summed E-state index contributed by atoms with van der Waals surface area (Å²) in [5.74, 6) is 0.324. The summed E-state index contributed by atoms with van der Waals surface area (Å²) in [7, 11) is -4.67. The summed E-state index contributed by atoms with van der Waals surface area (Å²) in [6.07, 6.45) is 3.13. The first-order valence-electron chi connectivity index (χ1n) is 8.24. The smallest absolute Gasteiger partial charge is 0.352 e. The van der Waals surface area contributed by atoms with E-state index in [9.17, 15) is 4.79 Å². The van der Waals surface area contributed by atoms with Crippen molar-refractivity contribution < 1.29 is 22.3 Å². The Kier molecular flexibility index (Phi) is 4.72. The topological polar surface area (TPSA) is 111 Å². The molecule has 3 N–H and O–H groups in total. The first-order chi connectivity index (χ1) is 11.7. The van der Waals surface area contributed by atoms with Crippen LogP contribution in [0.25, 0.3) is 10.9 Å². The normalized spacial score (nSPS) is 26.2. The molecule has 25 heavy (non-hydrogen) atoms. The quantitative estimate of drug-likeness (QED) is 0.618. The Balaban J connectivity index is 0.000000324. The van der Waals surface area contributed by atoms with Crippen LogP contribution in [0.5, 0.6) is 0 Å². The average Bonchev–Trinajstić information content (AvgIpc) is 2.77. The second-order valence-electron chi connectivity index (χ2n) is 6.99. The SMILES string of the molecule is CC12CCCN(CC1)Cc1c([nH]c3ccccc13)C2=O.O=S(=O)(O)O. The second-order valence-corrected chi connectivity index (χ2v) is 7.89. The zero-order valence-corrected chi connectivity index (χ0v) is 14.8. The minimum Gasteiger partial charge on any atom is -0.352 e. The molecule has 2 bridgehead atoms. The highest BCUT2D eigenvalue weighted by molar-refractivity contribution is 7.79. The first-order valence-corrected chi connectivity index (χ1v) is 9.64. The number of hydrogen-bond donors (Lipinski definition) is 3. The number of fused-ring (bicyclic) bond motifs is 6. The lowest BCUT2D eigenvalue weighted by Gasteiger charge is -2.29. The molecule has 7 nitrogen and oxygen atoms in total. The first kappa shape index (κ1) is 18.1. The summed E-state index contributed by atoms with van der Waals surface area (Å²) < 4.78 is 31.6. The summed E-state index contributed by atoms with van der Waals surface area (Å²) in [5, 5.41) is 1.21. The van der Waals surface area contributed by atoms with Gasteiger partial charge in [-0.3, -0.25) is 18.8 Å². The molecule has 136 valence electrons. The monoisotopic (exact) mass is 366 g/mol. The highest BCUT2D eigenvalue weighted by atomic mass is 32.3. The number of aromatic nitrogens is 1. The number of nitrogens with one attached hydrogen (secondary N) is 1. The molecule has 1 fully saturated rings. The van der Waals surface area contributed by atoms with Crippen molar-refractivity contribution in [1.29, 1.82) is 0 Å². The lowest BCUT2D eigenvalue weighted by Crippen LogP contribution is -2.34. The molecule has 2 unspecified atom stereocenters. The van der Waals surface area contributed by atoms with Gasteiger partial charge in [-0.2, -0.15) is 8.42 Å². The van der Waals surface area contributed by atoms with E-state index in [-0.39, 0.29) is 5.41 Å². The van der Waals surface area contributed by atoms with E-state index in [1.54, 1.807) is 0 Å². The summed E-state index contributed by atoms with van der Waals surface area (Å²) in [4.78, 5) is 18.9. The molecular formula is C17H22N2O5S. The van der Waals surface area contributed by atoms with Gasteiger partial charge in [0.1, 0.15) is 0 Å². The minimum absolute atomic E-state index is 0.190. The molecule has 1 aromatic heterocycles. The lowest BCUT2D eigenvalue weighted by atomic mass is 9.76. The highest BCUT2D eigenvalue weighted by Gasteiger charge is 2.39. The van der Waals surface area contributed by atoms with Crippen molar-refractivity contribution in [1.82, 2.24) is 9.88 Å². The van der Waals surface area contributed by atoms with Crippen LogP contribution in [-0.2, 0) is 16.9 Å². The van der Waals surface area contributed by atoms with Crippen LogP contribution in [-0.4, -0.2) is 46.3 Å². The summed E-state index contributed by atoms with van der Waals surface area (Å²) in [6, 6.07) is 8.29. The number of nitrogens with zero attached hydrogens (tertiary/aromatic N) is 1. The van der Waals surface area contributed by atoms with E-state index in [2.05, 4.69) is 35.0 Å². The van der Waals surface area contributed by atoms with E-state index in [0.717, 1.165) is 50.1 Å². The van der Waals surface area contributed by atoms with Crippen LogP contribution in [0, 0.1) is 5.41 Å². The van der Waals surface area contributed by atoms with Crippen LogP contribution < -0.4 is 0 Å². The lowest BCUT2D eigenvalue weighted by molar-refractivity contribution is 0.0775. The summed E-state index contributed by atoms with van der Waals surface area (Å²) in [6.45, 7) is 5.21. The Morgan fingerprint density at radius 2 is 1.84 bits per heavy atom. The number of para-hydroxylation sites is 1. The van der Waals surface area contributed by atoms with E-state index < -0.39 is 10.4 Å². The number of Topliss-reactive ketones (excluding diaryl/α,β-unsaturated/α-hetero) is 1. The molecular weight excluding hydrogens is 344 g/mol. The van der Waals surface area contributed by atoms with Gasteiger partial charge >= 0.3 is 10.4 Å². The van der Waals surface area contributed by atoms with Crippen molar-refractivity contribution in [3.63, 3.8) is 0 Å². The molecule has 2 aromatic rings. The van der Waals surface area contributed by atoms with Gasteiger partial charge < -0.3 is 4.98 Å². The van der Waals surface area contributed by atoms with Crippen LogP contribution in [0.3, 0.4) is 0 Å². The molecule has 4 rings (SSSR count). The van der Waals surface area contributed by atoms with Gasteiger partial charge in [0, 0.05) is 28.4 Å². The third kappa shape index (κ3) is 3.92. The molecule has 0 spiro atoms. The highest BCUT2D eigenvalue weighted by Crippen LogP contribution is 2.39. The van der Waals surface area contributed by atoms with Crippen LogP contribution in [0.15, 0.2) is 24.3 Å². The number of benzene rings is 1. The van der Waals surface area contributed by atoms with Gasteiger partial charge in [-0.15, -0.1) is 0 Å². The van der Waals surface area contributed by atoms with Crippen LogP contribution in [0.2, 0.25) is 0 Å². The van der Waals surface area contributed by atoms with Gasteiger partial charge in [0.15, 0.2) is 5.78 Å². The predicted octanol–water partition coefficient (Wildman–Crippen LogP) is 2.70. The summed E-state index contributed by atoms with van der Waals surface area (Å²) in [5.41, 5.74) is 2.97. The standard InChI is InChI=1S/C17H20N2O.H2O4S/c1-17-7-4-9-19(10-8-17)11-13-12-5-2-3-6-14(12)18-15(13)16(17)20;1-5(2,3)4/h2-3,5-6,18H,4,7-11H2,1H3;(H2,1,2,3,4). The van der Waals surface area contributed by atoms with Gasteiger partial charge in [0.05, 0.1) is 5.69 Å². The Morgan fingerprint density at radius 3 is 2.56 bits per heavy atom. The zero-order chi connectivity index (χ0) is 18.2. The fourth-order valence-corrected chi connectivity index (χ4v) is 3.80. The fourth-order valence-electron chi connectivity index (χ4n) is 3.80. The van der Waals surface area contributed by atoms with Crippen LogP contribution in [0.4, 0.5) is 0 Å². The maximum absolute atomic E-state index is 13.0. The Labute approximate surface area is 146 Å². The van der Waals surface area contributed by atoms with Crippen molar-refractivity contribution in [2.24, 2.45) is 5.41 Å². The number of ketones is 1. The fraction of sp³-hybridized carbons (Fsp3) is 0.471. The molecule has 0 amide bonds. The predicted molar refractivity (Wildman–Crippen MR) is 94.0 cm³/mol. The van der Waals surface area contributed by atoms with Gasteiger partial charge in [-0.25, -0.2) is 0 Å². The van der Waals surface area contributed by atoms with Gasteiger partial charge in [-0.1, -0.05) is 25.1 Å². The number of carbonyl (C=O) groups excluding carboxylic acids is 1. The van der Waals surface area contributed by atoms with Crippen molar-refractivity contribution in [2.75, 3.05) is 13.1 Å². The number of H-pyrrole nitrogens is 1. The molecule has 0 saturated carbocycles. The number of rotatable bonds is 0. The molecule has 2 aliphatic heterocycles. The van der Waals surface area contributed by atoms with Crippen LogP contribution in [0.1, 0.15) is 42.2 Å². The number of carbonyl (C=O) groups is 1. The van der Waals surface area contributed by atoms with Gasteiger partial charge in [0.25, 0.3) is 0 Å². The molecule has 8 heteroatoms. The van der Waals surface area contributed by atoms with E-state index >= 15 is 0 Å². The Hall–Kier alpha value is -1.74. The van der Waals surface area contributed by atoms with Gasteiger partial charge in [-0.05, 0) is 38.4 Å². The molecule has 0 aliphatic carbocycles. The minimum atomic E-state index is -4.67. The van der Waals surface area contributed by atoms with Crippen molar-refractivity contribution >= 4 is 27.1 Å². The van der Waals surface area contributed by atoms with Crippen molar-refractivity contribution in [3.05, 3.63) is 35.5 Å². The molecule has 1 aromatic carbocycles. The number of hydrogen-bond acceptors (Lipinski definition) is 4. The Morgan fingerprint density at radius 1 is 1.16 bits per heavy atom. The zero-order valence-electron chi connectivity index (χ0n) is 14.0. The Bertz CT molecular complexity index is 897. The van der Waals surface area contributed by atoms with E-state index in [4.69, 9.17) is 17.5 Å². The van der Waals surface area contributed by atoms with E-state index in [0.29, 0.717) is 5.78 Å². The maximum atomic E-state index is 13.0. The third-order valence-corrected chi connectivity index (χ3v) is 5.15. The second kappa shape index (κ2) is 6.53.